The van der Waals surface area contributed by atoms with E-state index in [1.54, 1.807) is 14.2 Å². The first-order valence-corrected chi connectivity index (χ1v) is 11.8. The lowest BCUT2D eigenvalue weighted by atomic mass is 10.2. The van der Waals surface area contributed by atoms with Crippen LogP contribution >= 0.6 is 0 Å². The van der Waals surface area contributed by atoms with Crippen molar-refractivity contribution < 1.29 is 9.47 Å². The first kappa shape index (κ1) is 22.1. The average Bonchev–Trinajstić information content (AvgIpc) is 2.93. The number of hydrogen-bond acceptors (Lipinski definition) is 8. The number of rotatable bonds is 6. The van der Waals surface area contributed by atoms with Gasteiger partial charge in [-0.3, -0.25) is 0 Å². The van der Waals surface area contributed by atoms with Crippen LogP contribution < -0.4 is 29.1 Å². The monoisotopic (exact) mass is 460 g/mol. The Bertz CT molecular complexity index is 1010. The number of anilines is 4. The molecule has 2 fully saturated rings. The highest BCUT2D eigenvalue weighted by atomic mass is 16.5. The maximum Gasteiger partial charge on any atom is 0.227 e. The molecule has 0 atom stereocenters. The fourth-order valence-electron chi connectivity index (χ4n) is 4.64. The Labute approximate surface area is 201 Å². The highest BCUT2D eigenvalue weighted by Gasteiger charge is 2.22. The van der Waals surface area contributed by atoms with Crippen molar-refractivity contribution in [1.82, 2.24) is 9.97 Å². The largest absolute Gasteiger partial charge is 0.497 e. The van der Waals surface area contributed by atoms with E-state index in [-0.39, 0.29) is 0 Å². The lowest BCUT2D eigenvalue weighted by Gasteiger charge is -2.38. The van der Waals surface area contributed by atoms with Crippen molar-refractivity contribution in [3.8, 4) is 11.5 Å². The highest BCUT2D eigenvalue weighted by molar-refractivity contribution is 5.54. The van der Waals surface area contributed by atoms with Crippen molar-refractivity contribution in [3.63, 3.8) is 0 Å². The number of ether oxygens (including phenoxy) is 2. The minimum absolute atomic E-state index is 0.818. The Balaban J connectivity index is 1.19. The second-order valence-electron chi connectivity index (χ2n) is 8.57. The SMILES string of the molecule is COc1cccc(N2CCN(c3ccnc(N4CCN(c5cccc(OC)c5)CC4)n3)CC2)c1. The van der Waals surface area contributed by atoms with Gasteiger partial charge in [-0.15, -0.1) is 0 Å². The molecule has 5 rings (SSSR count). The third-order valence-corrected chi connectivity index (χ3v) is 6.63. The second kappa shape index (κ2) is 10.1. The van der Waals surface area contributed by atoms with E-state index in [4.69, 9.17) is 14.5 Å². The van der Waals surface area contributed by atoms with Gasteiger partial charge in [-0.2, -0.15) is 4.98 Å². The maximum atomic E-state index is 5.38. The van der Waals surface area contributed by atoms with E-state index in [2.05, 4.69) is 48.8 Å². The molecule has 2 aliphatic heterocycles. The molecular formula is C26H32N6O2. The van der Waals surface area contributed by atoms with Crippen LogP contribution in [0, 0.1) is 0 Å². The van der Waals surface area contributed by atoms with Crippen LogP contribution in [0.15, 0.2) is 60.8 Å². The van der Waals surface area contributed by atoms with Crippen LogP contribution in [0.3, 0.4) is 0 Å². The molecule has 2 aliphatic rings. The van der Waals surface area contributed by atoms with E-state index in [0.29, 0.717) is 0 Å². The van der Waals surface area contributed by atoms with E-state index in [1.807, 2.05) is 36.5 Å². The van der Waals surface area contributed by atoms with Crippen molar-refractivity contribution in [3.05, 3.63) is 60.8 Å². The van der Waals surface area contributed by atoms with Crippen LogP contribution in [0.25, 0.3) is 0 Å². The van der Waals surface area contributed by atoms with Crippen LogP contribution in [0.4, 0.5) is 23.1 Å². The zero-order chi connectivity index (χ0) is 23.3. The van der Waals surface area contributed by atoms with E-state index >= 15 is 0 Å². The molecule has 1 aromatic heterocycles. The molecule has 0 unspecified atom stereocenters. The van der Waals surface area contributed by atoms with Gasteiger partial charge in [-0.05, 0) is 30.3 Å². The topological polar surface area (TPSA) is 57.2 Å². The molecule has 178 valence electrons. The Kier molecular flexibility index (Phi) is 6.56. The Morgan fingerprint density at radius 3 is 1.65 bits per heavy atom. The molecule has 0 bridgehead atoms. The van der Waals surface area contributed by atoms with Gasteiger partial charge in [0.1, 0.15) is 17.3 Å². The second-order valence-corrected chi connectivity index (χ2v) is 8.57. The van der Waals surface area contributed by atoms with Crippen LogP contribution in [0.1, 0.15) is 0 Å². The van der Waals surface area contributed by atoms with Crippen molar-refractivity contribution in [2.45, 2.75) is 0 Å². The molecule has 8 heteroatoms. The van der Waals surface area contributed by atoms with E-state index < -0.39 is 0 Å². The zero-order valence-corrected chi connectivity index (χ0v) is 19.9. The number of benzene rings is 2. The zero-order valence-electron chi connectivity index (χ0n) is 19.9. The molecule has 0 radical (unpaired) electrons. The fraction of sp³-hybridized carbons (Fsp3) is 0.385. The van der Waals surface area contributed by atoms with Crippen molar-refractivity contribution in [2.75, 3.05) is 86.2 Å². The Hall–Kier alpha value is -3.68. The molecule has 0 N–H and O–H groups in total. The first-order chi connectivity index (χ1) is 16.7. The lowest BCUT2D eigenvalue weighted by molar-refractivity contribution is 0.414. The van der Waals surface area contributed by atoms with Gasteiger partial charge in [-0.1, -0.05) is 12.1 Å². The molecule has 2 saturated heterocycles. The predicted molar refractivity (Wildman–Crippen MR) is 137 cm³/mol. The van der Waals surface area contributed by atoms with Crippen molar-refractivity contribution in [2.24, 2.45) is 0 Å². The number of hydrogen-bond donors (Lipinski definition) is 0. The van der Waals surface area contributed by atoms with E-state index in [9.17, 15) is 0 Å². The van der Waals surface area contributed by atoms with Gasteiger partial charge in [0.15, 0.2) is 0 Å². The molecule has 0 amide bonds. The third kappa shape index (κ3) is 4.81. The molecule has 3 aromatic rings. The quantitative estimate of drug-likeness (QED) is 0.556. The van der Waals surface area contributed by atoms with Gasteiger partial charge >= 0.3 is 0 Å². The van der Waals surface area contributed by atoms with E-state index in [1.165, 1.54) is 11.4 Å². The van der Waals surface area contributed by atoms with Crippen LogP contribution in [-0.2, 0) is 0 Å². The standard InChI is InChI=1S/C26H32N6O2/c1-33-23-7-3-5-21(19-23)29-11-15-31(16-12-29)25-9-10-27-26(28-25)32-17-13-30(14-18-32)22-6-4-8-24(20-22)34-2/h3-10,19-20H,11-18H2,1-2H3. The average molecular weight is 461 g/mol. The molecular weight excluding hydrogens is 428 g/mol. The van der Waals surface area contributed by atoms with Gasteiger partial charge in [0.05, 0.1) is 14.2 Å². The lowest BCUT2D eigenvalue weighted by Crippen LogP contribution is -2.48. The van der Waals surface area contributed by atoms with Gasteiger partial charge in [0.25, 0.3) is 0 Å². The third-order valence-electron chi connectivity index (χ3n) is 6.63. The van der Waals surface area contributed by atoms with Crippen molar-refractivity contribution in [1.29, 1.82) is 0 Å². The summed E-state index contributed by atoms with van der Waals surface area (Å²) in [6, 6.07) is 18.6. The summed E-state index contributed by atoms with van der Waals surface area (Å²) < 4.78 is 10.8. The van der Waals surface area contributed by atoms with E-state index in [0.717, 1.165) is 75.6 Å². The minimum atomic E-state index is 0.818. The summed E-state index contributed by atoms with van der Waals surface area (Å²) in [5.41, 5.74) is 2.40. The summed E-state index contributed by atoms with van der Waals surface area (Å²) in [4.78, 5) is 19.0. The summed E-state index contributed by atoms with van der Waals surface area (Å²) in [6.45, 7) is 7.40. The number of aromatic nitrogens is 2. The molecule has 0 aliphatic carbocycles. The molecule has 8 nitrogen and oxygen atoms in total. The van der Waals surface area contributed by atoms with Gasteiger partial charge in [0.2, 0.25) is 5.95 Å². The summed E-state index contributed by atoms with van der Waals surface area (Å²) in [5, 5.41) is 0. The Morgan fingerprint density at radius 1 is 0.618 bits per heavy atom. The summed E-state index contributed by atoms with van der Waals surface area (Å²) in [7, 11) is 3.42. The summed E-state index contributed by atoms with van der Waals surface area (Å²) >= 11 is 0. The fourth-order valence-corrected chi connectivity index (χ4v) is 4.64. The maximum absolute atomic E-state index is 5.38. The molecule has 0 spiro atoms. The van der Waals surface area contributed by atoms with Crippen LogP contribution in [0.5, 0.6) is 11.5 Å². The molecule has 2 aromatic carbocycles. The highest BCUT2D eigenvalue weighted by Crippen LogP contribution is 2.25. The Morgan fingerprint density at radius 2 is 1.12 bits per heavy atom. The number of piperazine rings is 2. The molecule has 34 heavy (non-hydrogen) atoms. The predicted octanol–water partition coefficient (Wildman–Crippen LogP) is 3.15. The van der Waals surface area contributed by atoms with Gasteiger partial charge < -0.3 is 29.1 Å². The smallest absolute Gasteiger partial charge is 0.227 e. The minimum Gasteiger partial charge on any atom is -0.497 e. The summed E-state index contributed by atoms with van der Waals surface area (Å²) in [6.07, 6.45) is 1.89. The molecule has 0 saturated carbocycles. The first-order valence-electron chi connectivity index (χ1n) is 11.8. The van der Waals surface area contributed by atoms with Crippen LogP contribution in [-0.4, -0.2) is 76.5 Å². The van der Waals surface area contributed by atoms with Gasteiger partial charge in [0, 0.05) is 82.1 Å². The normalized spacial score (nSPS) is 16.5. The van der Waals surface area contributed by atoms with Crippen LogP contribution in [0.2, 0.25) is 0 Å². The number of nitrogens with zero attached hydrogens (tertiary/aromatic N) is 6. The summed E-state index contributed by atoms with van der Waals surface area (Å²) in [5.74, 6) is 3.61. The van der Waals surface area contributed by atoms with Gasteiger partial charge in [-0.25, -0.2) is 4.98 Å². The van der Waals surface area contributed by atoms with Crippen molar-refractivity contribution >= 4 is 23.1 Å². The molecule has 3 heterocycles. The number of methoxy groups -OCH3 is 2.